The summed E-state index contributed by atoms with van der Waals surface area (Å²) in [4.78, 5) is 31.6. The van der Waals surface area contributed by atoms with Crippen molar-refractivity contribution in [1.82, 2.24) is 15.3 Å². The summed E-state index contributed by atoms with van der Waals surface area (Å²) in [6.07, 6.45) is 1.61. The van der Waals surface area contributed by atoms with E-state index in [2.05, 4.69) is 27.2 Å². The van der Waals surface area contributed by atoms with Crippen molar-refractivity contribution in [1.29, 1.82) is 0 Å². The number of hydrogen-bond acceptors (Lipinski definition) is 6. The summed E-state index contributed by atoms with van der Waals surface area (Å²) in [6, 6.07) is 3.79. The van der Waals surface area contributed by atoms with Gasteiger partial charge in [-0.25, -0.2) is 9.37 Å². The van der Waals surface area contributed by atoms with E-state index in [1.165, 1.54) is 25.4 Å². The molecular weight excluding hydrogens is 429 g/mol. The van der Waals surface area contributed by atoms with Gasteiger partial charge in [0.05, 0.1) is 7.11 Å². The first-order chi connectivity index (χ1) is 15.1. The van der Waals surface area contributed by atoms with Crippen LogP contribution in [0, 0.1) is 5.82 Å². The van der Waals surface area contributed by atoms with Crippen molar-refractivity contribution in [2.45, 2.75) is 32.7 Å². The Hall–Kier alpha value is -3.63. The Bertz CT molecular complexity index is 1010. The Labute approximate surface area is 182 Å². The number of alkyl halides is 2. The number of methoxy groups -OCH3 is 1. The first-order valence-electron chi connectivity index (χ1n) is 9.51. The highest BCUT2D eigenvalue weighted by Gasteiger charge is 2.32. The minimum Gasteiger partial charge on any atom is -0.481 e. The number of carbonyl (C=O) groups is 2. The Balaban J connectivity index is 2.10. The van der Waals surface area contributed by atoms with E-state index >= 15 is 0 Å². The van der Waals surface area contributed by atoms with Gasteiger partial charge in [-0.3, -0.25) is 9.59 Å². The maximum absolute atomic E-state index is 14.3. The number of nitrogens with one attached hydrogen (secondary N) is 2. The molecular formula is C21H23F3N4O4. The zero-order chi connectivity index (χ0) is 23.9. The third-order valence-electron chi connectivity index (χ3n) is 4.24. The van der Waals surface area contributed by atoms with Gasteiger partial charge >= 0.3 is 5.92 Å². The summed E-state index contributed by atoms with van der Waals surface area (Å²) in [5.41, 5.74) is -0.0653. The van der Waals surface area contributed by atoms with E-state index in [1.807, 2.05) is 0 Å². The quantitative estimate of drug-likeness (QED) is 0.535. The molecule has 0 fully saturated rings. The summed E-state index contributed by atoms with van der Waals surface area (Å²) in [5.74, 6) is -5.69. The molecule has 0 aliphatic carbocycles. The van der Waals surface area contributed by atoms with Crippen LogP contribution in [0.1, 0.15) is 36.2 Å². The van der Waals surface area contributed by atoms with Crippen LogP contribution in [0.5, 0.6) is 11.8 Å². The van der Waals surface area contributed by atoms with Gasteiger partial charge in [-0.05, 0) is 30.7 Å². The van der Waals surface area contributed by atoms with Crippen LogP contribution in [0.15, 0.2) is 36.5 Å². The summed E-state index contributed by atoms with van der Waals surface area (Å²) in [7, 11) is 1.25. The van der Waals surface area contributed by atoms with Crippen LogP contribution in [0.2, 0.25) is 0 Å². The molecule has 0 bridgehead atoms. The van der Waals surface area contributed by atoms with E-state index < -0.39 is 35.7 Å². The lowest BCUT2D eigenvalue weighted by atomic mass is 10.2. The van der Waals surface area contributed by atoms with Crippen molar-refractivity contribution in [3.8, 4) is 11.8 Å². The van der Waals surface area contributed by atoms with Crippen LogP contribution in [-0.2, 0) is 11.3 Å². The molecule has 0 radical (unpaired) electrons. The minimum atomic E-state index is -3.35. The Morgan fingerprint density at radius 1 is 1.25 bits per heavy atom. The summed E-state index contributed by atoms with van der Waals surface area (Å²) in [5, 5.41) is 5.10. The number of ether oxygens (including phenoxy) is 2. The molecule has 32 heavy (non-hydrogen) atoms. The highest BCUT2D eigenvalue weighted by molar-refractivity contribution is 5.96. The lowest BCUT2D eigenvalue weighted by Crippen LogP contribution is -2.27. The first-order valence-corrected chi connectivity index (χ1v) is 9.51. The van der Waals surface area contributed by atoms with E-state index in [0.717, 1.165) is 13.0 Å². The number of hydrogen-bond donors (Lipinski definition) is 2. The maximum atomic E-state index is 14.3. The molecule has 0 saturated heterocycles. The van der Waals surface area contributed by atoms with Gasteiger partial charge < -0.3 is 20.1 Å². The van der Waals surface area contributed by atoms with E-state index in [-0.39, 0.29) is 41.7 Å². The zero-order valence-electron chi connectivity index (χ0n) is 17.8. The summed E-state index contributed by atoms with van der Waals surface area (Å²) in [6.45, 7) is 4.66. The standard InChI is InChI=1S/C21H23F3N4O4/c1-5-17(29)27-16-9-13(6-7-25-16)18(30)26-10-14-8-15(22)20(28-19(14)31-4)32-11-21(23,24)12(2)3/h6-9H,2,5,10-11H2,1,3-4H3,(H,26,30)(H,25,27,29). The molecule has 0 atom stereocenters. The molecule has 0 aliphatic heterocycles. The monoisotopic (exact) mass is 452 g/mol. The topological polar surface area (TPSA) is 102 Å². The summed E-state index contributed by atoms with van der Waals surface area (Å²) < 4.78 is 51.5. The average molecular weight is 452 g/mol. The molecule has 0 aliphatic rings. The third-order valence-corrected chi connectivity index (χ3v) is 4.24. The number of pyridine rings is 2. The Morgan fingerprint density at radius 3 is 2.59 bits per heavy atom. The lowest BCUT2D eigenvalue weighted by Gasteiger charge is -2.17. The fourth-order valence-electron chi connectivity index (χ4n) is 2.33. The fourth-order valence-corrected chi connectivity index (χ4v) is 2.33. The second-order valence-corrected chi connectivity index (χ2v) is 6.73. The second-order valence-electron chi connectivity index (χ2n) is 6.73. The predicted molar refractivity (Wildman–Crippen MR) is 110 cm³/mol. The van der Waals surface area contributed by atoms with Crippen molar-refractivity contribution in [3.63, 3.8) is 0 Å². The van der Waals surface area contributed by atoms with E-state index in [4.69, 9.17) is 9.47 Å². The number of nitrogens with zero attached hydrogens (tertiary/aromatic N) is 2. The van der Waals surface area contributed by atoms with Crippen LogP contribution in [0.25, 0.3) is 0 Å². The van der Waals surface area contributed by atoms with Crippen molar-refractivity contribution in [3.05, 3.63) is 53.5 Å². The molecule has 2 N–H and O–H groups in total. The molecule has 2 rings (SSSR count). The molecule has 8 nitrogen and oxygen atoms in total. The van der Waals surface area contributed by atoms with Gasteiger partial charge in [0.15, 0.2) is 12.4 Å². The highest BCUT2D eigenvalue weighted by Crippen LogP contribution is 2.27. The van der Waals surface area contributed by atoms with Crippen molar-refractivity contribution < 1.29 is 32.2 Å². The molecule has 0 saturated carbocycles. The molecule has 0 spiro atoms. The van der Waals surface area contributed by atoms with Crippen LogP contribution >= 0.6 is 0 Å². The molecule has 2 amide bonds. The van der Waals surface area contributed by atoms with Crippen LogP contribution < -0.4 is 20.1 Å². The predicted octanol–water partition coefficient (Wildman–Crippen LogP) is 3.49. The maximum Gasteiger partial charge on any atom is 0.302 e. The Morgan fingerprint density at radius 2 is 1.97 bits per heavy atom. The molecule has 0 aromatic carbocycles. The number of anilines is 1. The smallest absolute Gasteiger partial charge is 0.302 e. The number of carbonyl (C=O) groups excluding carboxylic acids is 2. The average Bonchev–Trinajstić information content (AvgIpc) is 2.76. The zero-order valence-corrected chi connectivity index (χ0v) is 17.8. The van der Waals surface area contributed by atoms with Gasteiger partial charge in [0.25, 0.3) is 11.8 Å². The summed E-state index contributed by atoms with van der Waals surface area (Å²) >= 11 is 0. The Kier molecular flexibility index (Phi) is 8.16. The molecule has 0 unspecified atom stereocenters. The van der Waals surface area contributed by atoms with Gasteiger partial charge in [0.2, 0.25) is 11.8 Å². The van der Waals surface area contributed by atoms with Gasteiger partial charge in [-0.1, -0.05) is 13.5 Å². The molecule has 2 aromatic heterocycles. The molecule has 11 heteroatoms. The largest absolute Gasteiger partial charge is 0.481 e. The van der Waals surface area contributed by atoms with Crippen molar-refractivity contribution in [2.24, 2.45) is 0 Å². The van der Waals surface area contributed by atoms with E-state index in [9.17, 15) is 22.8 Å². The van der Waals surface area contributed by atoms with Gasteiger partial charge in [-0.2, -0.15) is 13.8 Å². The van der Waals surface area contributed by atoms with E-state index in [0.29, 0.717) is 0 Å². The highest BCUT2D eigenvalue weighted by atomic mass is 19.3. The van der Waals surface area contributed by atoms with Crippen molar-refractivity contribution >= 4 is 17.6 Å². The fraction of sp³-hybridized carbons (Fsp3) is 0.333. The second kappa shape index (κ2) is 10.6. The number of aromatic nitrogens is 2. The first kappa shape index (κ1) is 24.6. The van der Waals surface area contributed by atoms with Crippen LogP contribution in [-0.4, -0.2) is 41.4 Å². The van der Waals surface area contributed by atoms with Crippen LogP contribution in [0.3, 0.4) is 0 Å². The number of halogens is 3. The lowest BCUT2D eigenvalue weighted by molar-refractivity contribution is -0.115. The number of rotatable bonds is 10. The van der Waals surface area contributed by atoms with Gasteiger partial charge in [0, 0.05) is 30.3 Å². The van der Waals surface area contributed by atoms with Crippen molar-refractivity contribution in [2.75, 3.05) is 19.0 Å². The SMILES string of the molecule is C=C(C)C(F)(F)COc1nc(OC)c(CNC(=O)c2ccnc(NC(=O)CC)c2)cc1F. The van der Waals surface area contributed by atoms with E-state index in [1.54, 1.807) is 6.92 Å². The molecule has 2 aromatic rings. The molecule has 2 heterocycles. The normalized spacial score (nSPS) is 10.9. The van der Waals surface area contributed by atoms with Gasteiger partial charge in [-0.15, -0.1) is 0 Å². The third kappa shape index (κ3) is 6.43. The van der Waals surface area contributed by atoms with Crippen LogP contribution in [0.4, 0.5) is 19.0 Å². The molecule has 172 valence electrons. The number of amides is 2. The van der Waals surface area contributed by atoms with Gasteiger partial charge in [0.1, 0.15) is 5.82 Å². The minimum absolute atomic E-state index is 0.106.